The van der Waals surface area contributed by atoms with Crippen LogP contribution in [0.15, 0.2) is 91.6 Å². The van der Waals surface area contributed by atoms with E-state index in [9.17, 15) is 14.4 Å². The number of hydrogen-bond acceptors (Lipinski definition) is 12. The van der Waals surface area contributed by atoms with Gasteiger partial charge in [-0.05, 0) is 169 Å². The van der Waals surface area contributed by atoms with E-state index in [4.69, 9.17) is 0 Å². The second-order valence-electron chi connectivity index (χ2n) is 28.4. The number of amides is 2. The zero-order chi connectivity index (χ0) is 64.7. The number of hydrogen-bond donors (Lipinski definition) is 2. The Labute approximate surface area is 538 Å². The molecule has 14 heteroatoms. The lowest BCUT2D eigenvalue weighted by atomic mass is 9.87. The van der Waals surface area contributed by atoms with E-state index in [0.717, 1.165) is 125 Å². The van der Waals surface area contributed by atoms with Crippen molar-refractivity contribution >= 4 is 40.9 Å². The second-order valence-corrected chi connectivity index (χ2v) is 28.4. The number of carbonyl (C=O) groups excluding carboxylic acids is 3. The molecule has 5 aromatic heterocycles. The van der Waals surface area contributed by atoms with Gasteiger partial charge in [0.15, 0.2) is 0 Å². The van der Waals surface area contributed by atoms with Crippen LogP contribution in [-0.2, 0) is 9.59 Å². The van der Waals surface area contributed by atoms with E-state index in [0.29, 0.717) is 59.4 Å². The number of nitrogens with one attached hydrogen (secondary N) is 2. The van der Waals surface area contributed by atoms with Gasteiger partial charge < -0.3 is 30.2 Å². The third kappa shape index (κ3) is 23.1. The number of nitrogens with zero attached hydrogens (tertiary/aromatic N) is 9. The van der Waals surface area contributed by atoms with Gasteiger partial charge in [-0.3, -0.25) is 19.4 Å². The Kier molecular flexibility index (Phi) is 28.8. The molecule has 0 aromatic carbocycles. The molecule has 9 heterocycles. The van der Waals surface area contributed by atoms with Crippen LogP contribution in [0.5, 0.6) is 0 Å². The quantitative estimate of drug-likeness (QED) is 0.0809. The lowest BCUT2D eigenvalue weighted by Crippen LogP contribution is -2.39. The first-order valence-electron chi connectivity index (χ1n) is 34.3. The number of anilines is 4. The van der Waals surface area contributed by atoms with Crippen LogP contribution in [0, 0.1) is 41.4 Å². The summed E-state index contributed by atoms with van der Waals surface area (Å²) in [6.07, 6.45) is 20.1. The fraction of sp³-hybridized carbons (Fsp3) is 0.627. The smallest absolute Gasteiger partial charge is 0.269 e. The SMILES string of the molecule is CC(C)C(=O)C1CCN(c2ccc(C(C)C)cn2)CC1.CC(C)C(=O)NCC1CCN(c2ccc(C(C)C)cn2)CC1.CC(C)CC1CCN(c2ccc(C(C)C)cn2)CC1.CC(C)c1ccc(C(=O)NCC2CCN(c3ccc(C(C)C)cn3)CC2)nc1. The van der Waals surface area contributed by atoms with Gasteiger partial charge in [0.2, 0.25) is 5.91 Å². The van der Waals surface area contributed by atoms with E-state index >= 15 is 0 Å². The summed E-state index contributed by atoms with van der Waals surface area (Å²) in [6.45, 7) is 44.1. The first kappa shape index (κ1) is 71.6. The van der Waals surface area contributed by atoms with E-state index in [-0.39, 0.29) is 29.6 Å². The molecule has 488 valence electrons. The van der Waals surface area contributed by atoms with E-state index in [2.05, 4.69) is 187 Å². The monoisotopic (exact) mass is 1220 g/mol. The van der Waals surface area contributed by atoms with Crippen LogP contribution in [0.4, 0.5) is 23.3 Å². The number of Topliss-reactive ketones (excluding diaryl/α,β-unsaturated/α-hetero) is 1. The lowest BCUT2D eigenvalue weighted by molar-refractivity contribution is -0.126. The van der Waals surface area contributed by atoms with E-state index in [1.165, 1.54) is 54.6 Å². The van der Waals surface area contributed by atoms with Crippen LogP contribution in [0.2, 0.25) is 0 Å². The van der Waals surface area contributed by atoms with Crippen LogP contribution < -0.4 is 30.2 Å². The number of piperidine rings is 4. The van der Waals surface area contributed by atoms with Gasteiger partial charge in [-0.2, -0.15) is 0 Å². The molecule has 0 bridgehead atoms. The van der Waals surface area contributed by atoms with Crippen molar-refractivity contribution in [2.75, 3.05) is 85.0 Å². The van der Waals surface area contributed by atoms with Gasteiger partial charge in [-0.25, -0.2) is 19.9 Å². The summed E-state index contributed by atoms with van der Waals surface area (Å²) >= 11 is 0. The lowest BCUT2D eigenvalue weighted by Gasteiger charge is -2.33. The minimum absolute atomic E-state index is 0.0729. The third-order valence-corrected chi connectivity index (χ3v) is 18.5. The van der Waals surface area contributed by atoms with E-state index < -0.39 is 0 Å². The average Bonchev–Trinajstić information content (AvgIpc) is 3.72. The predicted molar refractivity (Wildman–Crippen MR) is 371 cm³/mol. The third-order valence-electron chi connectivity index (χ3n) is 18.5. The van der Waals surface area contributed by atoms with Crippen molar-refractivity contribution < 1.29 is 14.4 Å². The minimum Gasteiger partial charge on any atom is -0.357 e. The molecule has 4 aliphatic heterocycles. The standard InChI is InChI=1S/C23H32N4O.C18H29N3O.C17H26N2O.C17H28N2/c1-16(2)19-5-7-21(24-14-19)23(28)26-13-18-9-11-27(12-10-18)22-8-6-20(15-25-22)17(3)4;1-13(2)16-5-6-17(19-12-16)21-9-7-15(8-10-21)11-20-18(22)14(3)4;1-12(2)15-5-6-16(18-11-15)19-9-7-14(8-10-19)17(20)13(3)4;1-13(2)11-15-7-9-19(10-8-15)17-6-5-16(12-18-17)14(3)4/h5-8,14-18H,9-13H2,1-4H3,(H,26,28);5-6,12-15H,7-11H2,1-4H3,(H,20,22);5-6,11-14H,7-10H2,1-4H3;5-6,12-15H,7-11H2,1-4H3. The summed E-state index contributed by atoms with van der Waals surface area (Å²) in [5.74, 6) is 10.7. The molecule has 4 saturated heterocycles. The van der Waals surface area contributed by atoms with Gasteiger partial charge in [0.1, 0.15) is 34.7 Å². The highest BCUT2D eigenvalue weighted by Gasteiger charge is 2.28. The maximum absolute atomic E-state index is 12.3. The maximum Gasteiger partial charge on any atom is 0.269 e. The Balaban J connectivity index is 0.000000191. The Bertz CT molecular complexity index is 2820. The largest absolute Gasteiger partial charge is 0.357 e. The van der Waals surface area contributed by atoms with Crippen molar-refractivity contribution in [1.29, 1.82) is 0 Å². The Morgan fingerprint density at radius 3 is 0.955 bits per heavy atom. The highest BCUT2D eigenvalue weighted by atomic mass is 16.2. The van der Waals surface area contributed by atoms with Gasteiger partial charge >= 0.3 is 0 Å². The van der Waals surface area contributed by atoms with Crippen LogP contribution in [-0.4, -0.2) is 108 Å². The molecule has 2 N–H and O–H groups in total. The minimum atomic E-state index is -0.0799. The summed E-state index contributed by atoms with van der Waals surface area (Å²) in [4.78, 5) is 68.2. The van der Waals surface area contributed by atoms with Crippen LogP contribution in [0.1, 0.15) is 236 Å². The Morgan fingerprint density at radius 1 is 0.382 bits per heavy atom. The summed E-state index contributed by atoms with van der Waals surface area (Å²) in [7, 11) is 0. The number of rotatable bonds is 19. The van der Waals surface area contributed by atoms with Gasteiger partial charge in [0, 0.05) is 114 Å². The summed E-state index contributed by atoms with van der Waals surface area (Å²) in [5.41, 5.74) is 6.82. The Hall–Kier alpha value is -6.44. The molecule has 0 aliphatic carbocycles. The van der Waals surface area contributed by atoms with Crippen LogP contribution in [0.3, 0.4) is 0 Å². The molecule has 89 heavy (non-hydrogen) atoms. The normalized spacial score (nSPS) is 16.4. The molecule has 0 unspecified atom stereocenters. The zero-order valence-corrected chi connectivity index (χ0v) is 57.8. The summed E-state index contributed by atoms with van der Waals surface area (Å²) in [5, 5.41) is 6.11. The van der Waals surface area contributed by atoms with Crippen molar-refractivity contribution in [3.63, 3.8) is 0 Å². The molecule has 14 nitrogen and oxygen atoms in total. The molecule has 2 amide bonds. The van der Waals surface area contributed by atoms with Crippen molar-refractivity contribution in [1.82, 2.24) is 35.6 Å². The highest BCUT2D eigenvalue weighted by molar-refractivity contribution is 5.92. The van der Waals surface area contributed by atoms with Gasteiger partial charge in [0.25, 0.3) is 5.91 Å². The number of aromatic nitrogens is 5. The molecular formula is C75H115N11O3. The molecule has 0 atom stereocenters. The van der Waals surface area contributed by atoms with Crippen LogP contribution in [0.25, 0.3) is 0 Å². The van der Waals surface area contributed by atoms with Gasteiger partial charge in [0.05, 0.1) is 0 Å². The molecule has 0 saturated carbocycles. The molecule has 5 aromatic rings. The first-order chi connectivity index (χ1) is 42.4. The highest BCUT2D eigenvalue weighted by Crippen LogP contribution is 2.30. The Morgan fingerprint density at radius 2 is 0.685 bits per heavy atom. The number of ketones is 1. The topological polar surface area (TPSA) is 153 Å². The maximum atomic E-state index is 12.3. The van der Waals surface area contributed by atoms with Crippen molar-refractivity contribution in [2.45, 2.75) is 198 Å². The second kappa shape index (κ2) is 35.8. The molecular weight excluding hydrogens is 1100 g/mol. The van der Waals surface area contributed by atoms with E-state index in [1.807, 2.05) is 64.6 Å². The predicted octanol–water partition coefficient (Wildman–Crippen LogP) is 15.7. The van der Waals surface area contributed by atoms with Gasteiger partial charge in [-0.15, -0.1) is 0 Å². The zero-order valence-electron chi connectivity index (χ0n) is 57.8. The average molecular weight is 1220 g/mol. The number of pyridine rings is 5. The fourth-order valence-electron chi connectivity index (χ4n) is 12.0. The molecule has 4 fully saturated rings. The van der Waals surface area contributed by atoms with E-state index in [1.54, 1.807) is 6.20 Å². The fourth-order valence-corrected chi connectivity index (χ4v) is 12.0. The van der Waals surface area contributed by atoms with Crippen molar-refractivity contribution in [3.05, 3.63) is 125 Å². The molecule has 9 rings (SSSR count). The summed E-state index contributed by atoms with van der Waals surface area (Å²) < 4.78 is 0. The number of carbonyl (C=O) groups is 3. The van der Waals surface area contributed by atoms with Gasteiger partial charge in [-0.1, -0.05) is 141 Å². The summed E-state index contributed by atoms with van der Waals surface area (Å²) in [6, 6.07) is 21.1. The molecule has 0 radical (unpaired) electrons. The van der Waals surface area contributed by atoms with Crippen LogP contribution >= 0.6 is 0 Å². The first-order valence-corrected chi connectivity index (χ1v) is 34.3. The van der Waals surface area contributed by atoms with Crippen molar-refractivity contribution in [3.8, 4) is 0 Å². The molecule has 0 spiro atoms. The van der Waals surface area contributed by atoms with Crippen molar-refractivity contribution in [2.24, 2.45) is 41.4 Å². The molecule has 4 aliphatic rings.